The molecule has 0 saturated heterocycles. The summed E-state index contributed by atoms with van der Waals surface area (Å²) in [6, 6.07) is 16.4. The number of para-hydroxylation sites is 2. The zero-order chi connectivity index (χ0) is 19.2. The van der Waals surface area contributed by atoms with E-state index in [-0.39, 0.29) is 17.8 Å². The largest absolute Gasteiger partial charge is 0.489 e. The van der Waals surface area contributed by atoms with E-state index >= 15 is 0 Å². The number of benzene rings is 2. The monoisotopic (exact) mass is 365 g/mol. The lowest BCUT2D eigenvalue weighted by atomic mass is 10.2. The molecule has 0 spiro atoms. The third-order valence-corrected chi connectivity index (χ3v) is 3.64. The SMILES string of the molecule is CC(C)Oc1ccccc1Nc1cc(C(=O)Nc2ccc(F)cc2)ccn1. The lowest BCUT2D eigenvalue weighted by Crippen LogP contribution is -2.12. The van der Waals surface area contributed by atoms with Gasteiger partial charge >= 0.3 is 0 Å². The van der Waals surface area contributed by atoms with Crippen LogP contribution < -0.4 is 15.4 Å². The molecule has 0 saturated carbocycles. The molecule has 0 bridgehead atoms. The molecule has 0 fully saturated rings. The molecular weight excluding hydrogens is 345 g/mol. The molecule has 1 amide bonds. The Balaban J connectivity index is 1.76. The molecule has 1 heterocycles. The molecule has 0 aliphatic carbocycles. The van der Waals surface area contributed by atoms with Crippen molar-refractivity contribution in [3.63, 3.8) is 0 Å². The summed E-state index contributed by atoms with van der Waals surface area (Å²) in [5.74, 6) is 0.557. The first-order valence-electron chi connectivity index (χ1n) is 8.57. The van der Waals surface area contributed by atoms with Crippen LogP contribution in [-0.2, 0) is 0 Å². The van der Waals surface area contributed by atoms with Gasteiger partial charge in [-0.05, 0) is 62.4 Å². The number of nitrogens with zero attached hydrogens (tertiary/aromatic N) is 1. The smallest absolute Gasteiger partial charge is 0.255 e. The van der Waals surface area contributed by atoms with Gasteiger partial charge in [-0.25, -0.2) is 9.37 Å². The highest BCUT2D eigenvalue weighted by Gasteiger charge is 2.10. The number of aromatic nitrogens is 1. The van der Waals surface area contributed by atoms with Crippen molar-refractivity contribution in [3.8, 4) is 5.75 Å². The van der Waals surface area contributed by atoms with Gasteiger partial charge in [-0.2, -0.15) is 0 Å². The lowest BCUT2D eigenvalue weighted by Gasteiger charge is -2.15. The van der Waals surface area contributed by atoms with Gasteiger partial charge in [0, 0.05) is 17.4 Å². The Kier molecular flexibility index (Phi) is 5.66. The van der Waals surface area contributed by atoms with Crippen LogP contribution in [-0.4, -0.2) is 17.0 Å². The van der Waals surface area contributed by atoms with Crippen LogP contribution >= 0.6 is 0 Å². The van der Waals surface area contributed by atoms with E-state index in [2.05, 4.69) is 15.6 Å². The first-order valence-corrected chi connectivity index (χ1v) is 8.57. The average molecular weight is 365 g/mol. The van der Waals surface area contributed by atoms with Crippen LogP contribution in [0.2, 0.25) is 0 Å². The van der Waals surface area contributed by atoms with E-state index < -0.39 is 0 Å². The Labute approximate surface area is 157 Å². The van der Waals surface area contributed by atoms with Gasteiger partial charge in [-0.3, -0.25) is 4.79 Å². The molecule has 6 heteroatoms. The van der Waals surface area contributed by atoms with Crippen molar-refractivity contribution in [2.75, 3.05) is 10.6 Å². The predicted octanol–water partition coefficient (Wildman–Crippen LogP) is 5.00. The van der Waals surface area contributed by atoms with Crippen molar-refractivity contribution in [1.82, 2.24) is 4.98 Å². The van der Waals surface area contributed by atoms with E-state index in [1.165, 1.54) is 24.3 Å². The molecule has 5 nitrogen and oxygen atoms in total. The Bertz CT molecular complexity index is 927. The fourth-order valence-corrected chi connectivity index (χ4v) is 2.44. The van der Waals surface area contributed by atoms with Crippen LogP contribution in [0.4, 0.5) is 21.6 Å². The molecule has 2 N–H and O–H groups in total. The number of amides is 1. The zero-order valence-corrected chi connectivity index (χ0v) is 15.1. The van der Waals surface area contributed by atoms with Gasteiger partial charge in [0.15, 0.2) is 0 Å². The fraction of sp³-hybridized carbons (Fsp3) is 0.143. The van der Waals surface area contributed by atoms with Gasteiger partial charge in [-0.15, -0.1) is 0 Å². The van der Waals surface area contributed by atoms with E-state index in [1.54, 1.807) is 18.3 Å². The maximum absolute atomic E-state index is 13.0. The van der Waals surface area contributed by atoms with E-state index in [9.17, 15) is 9.18 Å². The number of halogens is 1. The number of carbonyl (C=O) groups is 1. The van der Waals surface area contributed by atoms with Gasteiger partial charge in [0.25, 0.3) is 5.91 Å². The van der Waals surface area contributed by atoms with Crippen molar-refractivity contribution >= 4 is 23.1 Å². The molecule has 0 radical (unpaired) electrons. The number of hydrogen-bond donors (Lipinski definition) is 2. The molecule has 0 aliphatic rings. The molecule has 3 aromatic rings. The van der Waals surface area contributed by atoms with Crippen LogP contribution in [0.5, 0.6) is 5.75 Å². The molecule has 0 unspecified atom stereocenters. The minimum absolute atomic E-state index is 0.0359. The van der Waals surface area contributed by atoms with Gasteiger partial charge in [0.05, 0.1) is 11.8 Å². The van der Waals surface area contributed by atoms with E-state index in [1.807, 2.05) is 38.1 Å². The lowest BCUT2D eigenvalue weighted by molar-refractivity contribution is 0.102. The van der Waals surface area contributed by atoms with Gasteiger partial charge in [0.2, 0.25) is 0 Å². The summed E-state index contributed by atoms with van der Waals surface area (Å²) in [4.78, 5) is 16.7. The van der Waals surface area contributed by atoms with Crippen LogP contribution in [0.3, 0.4) is 0 Å². The standard InChI is InChI=1S/C21H20FN3O2/c1-14(2)27-19-6-4-3-5-18(19)25-20-13-15(11-12-23-20)21(26)24-17-9-7-16(22)8-10-17/h3-14H,1-2H3,(H,23,25)(H,24,26). The number of rotatable bonds is 6. The number of ether oxygens (including phenoxy) is 1. The quantitative estimate of drug-likeness (QED) is 0.645. The van der Waals surface area contributed by atoms with Crippen LogP contribution in [0.25, 0.3) is 0 Å². The third-order valence-electron chi connectivity index (χ3n) is 3.64. The maximum Gasteiger partial charge on any atom is 0.255 e. The summed E-state index contributed by atoms with van der Waals surface area (Å²) < 4.78 is 18.8. The fourth-order valence-electron chi connectivity index (χ4n) is 2.44. The highest BCUT2D eigenvalue weighted by molar-refractivity contribution is 6.04. The Hall–Kier alpha value is -3.41. The summed E-state index contributed by atoms with van der Waals surface area (Å²) in [5.41, 5.74) is 1.71. The number of hydrogen-bond acceptors (Lipinski definition) is 4. The first kappa shape index (κ1) is 18.4. The zero-order valence-electron chi connectivity index (χ0n) is 15.1. The molecule has 0 aliphatic heterocycles. The van der Waals surface area contributed by atoms with Crippen molar-refractivity contribution in [2.45, 2.75) is 20.0 Å². The van der Waals surface area contributed by atoms with Crippen molar-refractivity contribution < 1.29 is 13.9 Å². The molecule has 3 rings (SSSR count). The molecule has 2 aromatic carbocycles. The van der Waals surface area contributed by atoms with Crippen molar-refractivity contribution in [2.24, 2.45) is 0 Å². The van der Waals surface area contributed by atoms with E-state index in [0.29, 0.717) is 22.8 Å². The summed E-state index contributed by atoms with van der Waals surface area (Å²) in [5, 5.41) is 5.91. The number of anilines is 3. The summed E-state index contributed by atoms with van der Waals surface area (Å²) in [6.45, 7) is 3.91. The van der Waals surface area contributed by atoms with Crippen LogP contribution in [0.1, 0.15) is 24.2 Å². The van der Waals surface area contributed by atoms with Crippen LogP contribution in [0.15, 0.2) is 66.9 Å². The summed E-state index contributed by atoms with van der Waals surface area (Å²) in [7, 11) is 0. The highest BCUT2D eigenvalue weighted by atomic mass is 19.1. The highest BCUT2D eigenvalue weighted by Crippen LogP contribution is 2.27. The maximum atomic E-state index is 13.0. The molecular formula is C21H20FN3O2. The normalized spacial score (nSPS) is 10.5. The van der Waals surface area contributed by atoms with Gasteiger partial charge < -0.3 is 15.4 Å². The minimum Gasteiger partial charge on any atom is -0.489 e. The number of pyridine rings is 1. The van der Waals surface area contributed by atoms with Crippen molar-refractivity contribution in [3.05, 3.63) is 78.2 Å². The van der Waals surface area contributed by atoms with Gasteiger partial charge in [-0.1, -0.05) is 12.1 Å². The Morgan fingerprint density at radius 2 is 1.81 bits per heavy atom. The summed E-state index contributed by atoms with van der Waals surface area (Å²) >= 11 is 0. The Morgan fingerprint density at radius 3 is 2.56 bits per heavy atom. The van der Waals surface area contributed by atoms with E-state index in [0.717, 1.165) is 5.69 Å². The predicted molar refractivity (Wildman–Crippen MR) is 104 cm³/mol. The second kappa shape index (κ2) is 8.31. The Morgan fingerprint density at radius 1 is 1.07 bits per heavy atom. The molecule has 27 heavy (non-hydrogen) atoms. The second-order valence-electron chi connectivity index (χ2n) is 6.18. The van der Waals surface area contributed by atoms with E-state index in [4.69, 9.17) is 4.74 Å². The first-order chi connectivity index (χ1) is 13.0. The second-order valence-corrected chi connectivity index (χ2v) is 6.18. The minimum atomic E-state index is -0.356. The van der Waals surface area contributed by atoms with Crippen LogP contribution in [0, 0.1) is 5.82 Å². The number of carbonyl (C=O) groups excluding carboxylic acids is 1. The average Bonchev–Trinajstić information content (AvgIpc) is 2.65. The topological polar surface area (TPSA) is 63.2 Å². The molecule has 138 valence electrons. The van der Waals surface area contributed by atoms with Crippen molar-refractivity contribution in [1.29, 1.82) is 0 Å². The van der Waals surface area contributed by atoms with Gasteiger partial charge in [0.1, 0.15) is 17.4 Å². The third kappa shape index (κ3) is 5.04. The molecule has 0 atom stereocenters. The molecule has 1 aromatic heterocycles. The summed E-state index contributed by atoms with van der Waals surface area (Å²) in [6.07, 6.45) is 1.59. The number of nitrogens with one attached hydrogen (secondary N) is 2.